The Balaban J connectivity index is 2.17. The molecule has 3 aromatic rings. The van der Waals surface area contributed by atoms with Crippen molar-refractivity contribution in [3.8, 4) is 0 Å². The molecule has 1 aromatic heterocycles. The summed E-state index contributed by atoms with van der Waals surface area (Å²) in [5.74, 6) is -0.451. The number of carbonyl (C=O) groups excluding carboxylic acids is 2. The fraction of sp³-hybridized carbons (Fsp3) is 0.238. The van der Waals surface area contributed by atoms with E-state index in [-0.39, 0.29) is 24.8 Å². The molecule has 0 fully saturated rings. The average Bonchev–Trinajstić information content (AvgIpc) is 2.98. The smallest absolute Gasteiger partial charge is 0.262 e. The van der Waals surface area contributed by atoms with E-state index in [1.165, 1.54) is 14.2 Å². The predicted molar refractivity (Wildman–Crippen MR) is 107 cm³/mol. The van der Waals surface area contributed by atoms with Crippen LogP contribution >= 0.6 is 11.6 Å². The van der Waals surface area contributed by atoms with Crippen molar-refractivity contribution in [3.63, 3.8) is 0 Å². The minimum Gasteiger partial charge on any atom is -0.392 e. The third kappa shape index (κ3) is 3.67. The minimum atomic E-state index is -0.238. The molecule has 0 aliphatic heterocycles. The van der Waals surface area contributed by atoms with Gasteiger partial charge in [-0.05, 0) is 54.4 Å². The van der Waals surface area contributed by atoms with Gasteiger partial charge in [-0.15, -0.1) is 0 Å². The van der Waals surface area contributed by atoms with Crippen LogP contribution in [0.25, 0.3) is 10.9 Å². The highest BCUT2D eigenvalue weighted by molar-refractivity contribution is 6.30. The number of rotatable bonds is 5. The first-order chi connectivity index (χ1) is 13.4. The number of hydrogen-bond donors (Lipinski definition) is 1. The Labute approximate surface area is 167 Å². The SMILES string of the molecule is CON(C)C(=O)Cc1c(C)n(C(=O)c2ccc(Cl)cc2)c2ccc(CO)cc12. The van der Waals surface area contributed by atoms with Gasteiger partial charge in [0.1, 0.15) is 0 Å². The molecule has 0 saturated heterocycles. The average molecular weight is 401 g/mol. The summed E-state index contributed by atoms with van der Waals surface area (Å²) in [6.45, 7) is 1.68. The monoisotopic (exact) mass is 400 g/mol. The van der Waals surface area contributed by atoms with E-state index in [2.05, 4.69) is 0 Å². The first-order valence-electron chi connectivity index (χ1n) is 8.72. The fourth-order valence-corrected chi connectivity index (χ4v) is 3.33. The number of aromatic nitrogens is 1. The van der Waals surface area contributed by atoms with Crippen LogP contribution in [-0.4, -0.2) is 40.7 Å². The lowest BCUT2D eigenvalue weighted by Crippen LogP contribution is -2.27. The molecule has 7 heteroatoms. The van der Waals surface area contributed by atoms with Crippen LogP contribution in [-0.2, 0) is 22.7 Å². The highest BCUT2D eigenvalue weighted by Gasteiger charge is 2.22. The van der Waals surface area contributed by atoms with E-state index in [4.69, 9.17) is 16.4 Å². The van der Waals surface area contributed by atoms with E-state index < -0.39 is 0 Å². The van der Waals surface area contributed by atoms with Gasteiger partial charge in [-0.3, -0.25) is 19.0 Å². The zero-order valence-electron chi connectivity index (χ0n) is 15.9. The third-order valence-corrected chi connectivity index (χ3v) is 5.08. The molecule has 0 aliphatic carbocycles. The van der Waals surface area contributed by atoms with Gasteiger partial charge in [0.05, 0.1) is 25.7 Å². The number of likely N-dealkylation sites (N-methyl/N-ethyl adjacent to an activating group) is 1. The molecule has 1 N–H and O–H groups in total. The lowest BCUT2D eigenvalue weighted by molar-refractivity contribution is -0.167. The van der Waals surface area contributed by atoms with Crippen molar-refractivity contribution in [1.29, 1.82) is 0 Å². The summed E-state index contributed by atoms with van der Waals surface area (Å²) in [6, 6.07) is 12.0. The van der Waals surface area contributed by atoms with Crippen molar-refractivity contribution in [2.24, 2.45) is 0 Å². The van der Waals surface area contributed by atoms with Gasteiger partial charge in [0.15, 0.2) is 0 Å². The number of nitrogens with zero attached hydrogens (tertiary/aromatic N) is 2. The maximum absolute atomic E-state index is 13.2. The molecular formula is C21H21ClN2O4. The number of hydrogen-bond acceptors (Lipinski definition) is 4. The van der Waals surface area contributed by atoms with Crippen molar-refractivity contribution in [2.75, 3.05) is 14.2 Å². The Kier molecular flexibility index (Phi) is 5.84. The number of halogens is 1. The summed E-state index contributed by atoms with van der Waals surface area (Å²) in [5.41, 5.74) is 3.27. The molecule has 0 bridgehead atoms. The molecule has 2 aromatic carbocycles. The second-order valence-corrected chi connectivity index (χ2v) is 6.91. The third-order valence-electron chi connectivity index (χ3n) is 4.83. The zero-order chi connectivity index (χ0) is 20.4. The highest BCUT2D eigenvalue weighted by atomic mass is 35.5. The van der Waals surface area contributed by atoms with E-state index in [1.54, 1.807) is 41.0 Å². The number of aliphatic hydroxyl groups excluding tert-OH is 1. The van der Waals surface area contributed by atoms with Gasteiger partial charge in [-0.1, -0.05) is 17.7 Å². The molecule has 0 aliphatic rings. The van der Waals surface area contributed by atoms with Gasteiger partial charge in [0.2, 0.25) is 5.91 Å². The zero-order valence-corrected chi connectivity index (χ0v) is 16.7. The standard InChI is InChI=1S/C21H21ClN2O4/c1-13-17(11-20(26)23(2)28-3)18-10-14(12-25)4-9-19(18)24(13)21(27)15-5-7-16(22)8-6-15/h4-10,25H,11-12H2,1-3H3. The first kappa shape index (κ1) is 20.1. The van der Waals surface area contributed by atoms with Gasteiger partial charge in [0.25, 0.3) is 5.91 Å². The summed E-state index contributed by atoms with van der Waals surface area (Å²) in [5, 5.41) is 12.0. The summed E-state index contributed by atoms with van der Waals surface area (Å²) in [4.78, 5) is 30.6. The molecule has 3 rings (SSSR count). The predicted octanol–water partition coefficient (Wildman–Crippen LogP) is 3.35. The van der Waals surface area contributed by atoms with Crippen molar-refractivity contribution in [2.45, 2.75) is 20.0 Å². The normalized spacial score (nSPS) is 11.0. The van der Waals surface area contributed by atoms with Crippen molar-refractivity contribution in [3.05, 3.63) is 69.9 Å². The number of hydroxylamine groups is 2. The fourth-order valence-electron chi connectivity index (χ4n) is 3.20. The molecule has 0 unspecified atom stereocenters. The topological polar surface area (TPSA) is 71.8 Å². The van der Waals surface area contributed by atoms with E-state index in [0.29, 0.717) is 27.4 Å². The van der Waals surface area contributed by atoms with Crippen LogP contribution in [0.4, 0.5) is 0 Å². The molecule has 0 saturated carbocycles. The molecule has 0 atom stereocenters. The van der Waals surface area contributed by atoms with Crippen LogP contribution in [0.15, 0.2) is 42.5 Å². The molecule has 6 nitrogen and oxygen atoms in total. The quantitative estimate of drug-likeness (QED) is 0.667. The number of benzene rings is 2. The van der Waals surface area contributed by atoms with E-state index in [9.17, 15) is 14.7 Å². The number of fused-ring (bicyclic) bond motifs is 1. The maximum atomic E-state index is 13.2. The van der Waals surface area contributed by atoms with Gasteiger partial charge >= 0.3 is 0 Å². The summed E-state index contributed by atoms with van der Waals surface area (Å²) >= 11 is 5.93. The summed E-state index contributed by atoms with van der Waals surface area (Å²) < 4.78 is 1.59. The lowest BCUT2D eigenvalue weighted by atomic mass is 10.1. The molecule has 1 heterocycles. The maximum Gasteiger partial charge on any atom is 0.262 e. The summed E-state index contributed by atoms with van der Waals surface area (Å²) in [6.07, 6.45) is 0.0719. The van der Waals surface area contributed by atoms with Gasteiger partial charge in [-0.2, -0.15) is 0 Å². The van der Waals surface area contributed by atoms with Crippen LogP contribution < -0.4 is 0 Å². The number of aliphatic hydroxyl groups is 1. The molecular weight excluding hydrogens is 380 g/mol. The van der Waals surface area contributed by atoms with Crippen LogP contribution in [0.1, 0.15) is 27.2 Å². The summed E-state index contributed by atoms with van der Waals surface area (Å²) in [7, 11) is 2.96. The highest BCUT2D eigenvalue weighted by Crippen LogP contribution is 2.29. The molecule has 1 amide bonds. The van der Waals surface area contributed by atoms with Crippen LogP contribution in [0.3, 0.4) is 0 Å². The lowest BCUT2D eigenvalue weighted by Gasteiger charge is -2.13. The molecule has 146 valence electrons. The number of carbonyl (C=O) groups is 2. The minimum absolute atomic E-state index is 0.0719. The molecule has 28 heavy (non-hydrogen) atoms. The molecule has 0 spiro atoms. The number of amides is 1. The Morgan fingerprint density at radius 2 is 1.86 bits per heavy atom. The Morgan fingerprint density at radius 3 is 2.46 bits per heavy atom. The molecule has 0 radical (unpaired) electrons. The van der Waals surface area contributed by atoms with Crippen LogP contribution in [0.2, 0.25) is 5.02 Å². The largest absolute Gasteiger partial charge is 0.392 e. The van der Waals surface area contributed by atoms with Gasteiger partial charge in [0, 0.05) is 28.7 Å². The van der Waals surface area contributed by atoms with Crippen molar-refractivity contribution < 1.29 is 19.5 Å². The van der Waals surface area contributed by atoms with Crippen molar-refractivity contribution in [1.82, 2.24) is 9.63 Å². The van der Waals surface area contributed by atoms with Gasteiger partial charge < -0.3 is 5.11 Å². The Bertz CT molecular complexity index is 1040. The van der Waals surface area contributed by atoms with Crippen molar-refractivity contribution >= 4 is 34.3 Å². The first-order valence-corrected chi connectivity index (χ1v) is 9.09. The Morgan fingerprint density at radius 1 is 1.18 bits per heavy atom. The van der Waals surface area contributed by atoms with E-state index >= 15 is 0 Å². The van der Waals surface area contributed by atoms with Crippen LogP contribution in [0, 0.1) is 6.92 Å². The van der Waals surface area contributed by atoms with Gasteiger partial charge in [-0.25, -0.2) is 5.06 Å². The van der Waals surface area contributed by atoms with Crippen LogP contribution in [0.5, 0.6) is 0 Å². The Hall–Kier alpha value is -2.67. The van der Waals surface area contributed by atoms with E-state index in [0.717, 1.165) is 16.0 Å². The second-order valence-electron chi connectivity index (χ2n) is 6.47. The second kappa shape index (κ2) is 8.14. The van der Waals surface area contributed by atoms with E-state index in [1.807, 2.05) is 13.0 Å².